The zero-order valence-corrected chi connectivity index (χ0v) is 14.0. The molecule has 1 heterocycles. The van der Waals surface area contributed by atoms with Crippen molar-refractivity contribution >= 4 is 24.1 Å². The number of carbonyl (C=O) groups is 1. The third-order valence-electron chi connectivity index (χ3n) is 3.30. The molecule has 0 radical (unpaired) electrons. The van der Waals surface area contributed by atoms with Crippen LogP contribution in [0.4, 0.5) is 5.82 Å². The van der Waals surface area contributed by atoms with Crippen molar-refractivity contribution in [1.82, 2.24) is 10.2 Å². The summed E-state index contributed by atoms with van der Waals surface area (Å²) in [6.45, 7) is 6.11. The van der Waals surface area contributed by atoms with Gasteiger partial charge < -0.3 is 11.1 Å². The number of rotatable bonds is 5. The first kappa shape index (κ1) is 18.2. The van der Waals surface area contributed by atoms with Crippen molar-refractivity contribution in [2.45, 2.75) is 39.7 Å². The summed E-state index contributed by atoms with van der Waals surface area (Å²) in [6.07, 6.45) is 1.54. The fraction of sp³-hybridized carbons (Fsp3) is 0.375. The normalized spacial score (nSPS) is 11.6. The number of H-pyrrole nitrogens is 1. The monoisotopic (exact) mass is 322 g/mol. The lowest BCUT2D eigenvalue weighted by Crippen LogP contribution is -2.35. The molecule has 5 nitrogen and oxygen atoms in total. The predicted molar refractivity (Wildman–Crippen MR) is 92.3 cm³/mol. The standard InChI is InChI=1S/C16H22N4O.ClH/c1-4-5-13(17)16(21)18-15-9-14(19-20-15)12-7-10(2)6-11(3)8-12;/h6-9,13H,4-5,17H2,1-3H3,(H2,18,19,20,21);1H. The number of anilines is 1. The molecule has 2 rings (SSSR count). The Morgan fingerprint density at radius 3 is 2.50 bits per heavy atom. The lowest BCUT2D eigenvalue weighted by Gasteiger charge is -2.08. The van der Waals surface area contributed by atoms with Crippen LogP contribution in [-0.2, 0) is 4.79 Å². The van der Waals surface area contributed by atoms with Crippen LogP contribution in [0.1, 0.15) is 30.9 Å². The van der Waals surface area contributed by atoms with Crippen molar-refractivity contribution in [3.63, 3.8) is 0 Å². The van der Waals surface area contributed by atoms with Gasteiger partial charge in [-0.3, -0.25) is 9.89 Å². The van der Waals surface area contributed by atoms with E-state index in [4.69, 9.17) is 5.73 Å². The molecule has 0 aliphatic carbocycles. The highest BCUT2D eigenvalue weighted by molar-refractivity contribution is 5.94. The van der Waals surface area contributed by atoms with E-state index in [0.29, 0.717) is 12.2 Å². The Kier molecular flexibility index (Phi) is 6.59. The van der Waals surface area contributed by atoms with Crippen LogP contribution in [0.15, 0.2) is 24.3 Å². The van der Waals surface area contributed by atoms with E-state index < -0.39 is 6.04 Å². The average Bonchev–Trinajstić information content (AvgIpc) is 2.86. The number of halogens is 1. The second-order valence-electron chi connectivity index (χ2n) is 5.43. The molecule has 0 aliphatic heterocycles. The number of amides is 1. The Bertz CT molecular complexity index is 619. The number of nitrogens with two attached hydrogens (primary N) is 1. The molecule has 22 heavy (non-hydrogen) atoms. The van der Waals surface area contributed by atoms with E-state index in [1.807, 2.05) is 13.0 Å². The molecule has 0 saturated carbocycles. The Morgan fingerprint density at radius 1 is 1.27 bits per heavy atom. The quantitative estimate of drug-likeness (QED) is 0.790. The van der Waals surface area contributed by atoms with Gasteiger partial charge in [0, 0.05) is 11.6 Å². The van der Waals surface area contributed by atoms with Crippen LogP contribution in [0.5, 0.6) is 0 Å². The predicted octanol–water partition coefficient (Wildman–Crippen LogP) is 3.18. The third kappa shape index (κ3) is 4.58. The van der Waals surface area contributed by atoms with E-state index in [-0.39, 0.29) is 18.3 Å². The summed E-state index contributed by atoms with van der Waals surface area (Å²) in [5.74, 6) is 0.302. The van der Waals surface area contributed by atoms with E-state index in [2.05, 4.69) is 47.6 Å². The summed E-state index contributed by atoms with van der Waals surface area (Å²) >= 11 is 0. The van der Waals surface area contributed by atoms with Crippen molar-refractivity contribution in [2.24, 2.45) is 5.73 Å². The Hall–Kier alpha value is -1.85. The minimum Gasteiger partial charge on any atom is -0.320 e. The smallest absolute Gasteiger partial charge is 0.242 e. The summed E-state index contributed by atoms with van der Waals surface area (Å²) in [5, 5.41) is 9.81. The molecule has 4 N–H and O–H groups in total. The van der Waals surface area contributed by atoms with Crippen LogP contribution in [0.2, 0.25) is 0 Å². The van der Waals surface area contributed by atoms with E-state index in [0.717, 1.165) is 17.7 Å². The van der Waals surface area contributed by atoms with Gasteiger partial charge in [0.1, 0.15) is 0 Å². The summed E-state index contributed by atoms with van der Waals surface area (Å²) in [4.78, 5) is 11.9. The Morgan fingerprint density at radius 2 is 1.91 bits per heavy atom. The van der Waals surface area contributed by atoms with Crippen LogP contribution < -0.4 is 11.1 Å². The first-order valence-corrected chi connectivity index (χ1v) is 7.20. The van der Waals surface area contributed by atoms with Gasteiger partial charge in [0.15, 0.2) is 5.82 Å². The molecule has 2 aromatic rings. The van der Waals surface area contributed by atoms with Crippen LogP contribution in [0, 0.1) is 13.8 Å². The van der Waals surface area contributed by atoms with Gasteiger partial charge in [0.2, 0.25) is 5.91 Å². The highest BCUT2D eigenvalue weighted by Gasteiger charge is 2.14. The van der Waals surface area contributed by atoms with Gasteiger partial charge in [0.05, 0.1) is 11.7 Å². The Labute approximate surface area is 137 Å². The minimum atomic E-state index is -0.489. The largest absolute Gasteiger partial charge is 0.320 e. The van der Waals surface area contributed by atoms with Crippen LogP contribution in [0.25, 0.3) is 11.3 Å². The van der Waals surface area contributed by atoms with Crippen LogP contribution in [0.3, 0.4) is 0 Å². The molecule has 0 aliphatic rings. The fourth-order valence-corrected chi connectivity index (χ4v) is 2.32. The zero-order chi connectivity index (χ0) is 15.4. The number of aromatic nitrogens is 2. The molecule has 6 heteroatoms. The highest BCUT2D eigenvalue weighted by atomic mass is 35.5. The van der Waals surface area contributed by atoms with Crippen molar-refractivity contribution in [2.75, 3.05) is 5.32 Å². The lowest BCUT2D eigenvalue weighted by molar-refractivity contribution is -0.117. The van der Waals surface area contributed by atoms with Gasteiger partial charge >= 0.3 is 0 Å². The first-order valence-electron chi connectivity index (χ1n) is 7.20. The van der Waals surface area contributed by atoms with Crippen LogP contribution >= 0.6 is 12.4 Å². The molecule has 0 spiro atoms. The molecule has 1 amide bonds. The molecular formula is C16H23ClN4O. The number of hydrogen-bond acceptors (Lipinski definition) is 3. The van der Waals surface area contributed by atoms with Crippen LogP contribution in [-0.4, -0.2) is 22.1 Å². The lowest BCUT2D eigenvalue weighted by atomic mass is 10.1. The number of nitrogens with one attached hydrogen (secondary N) is 2. The minimum absolute atomic E-state index is 0. The topological polar surface area (TPSA) is 83.8 Å². The van der Waals surface area contributed by atoms with Gasteiger partial charge in [-0.05, 0) is 32.4 Å². The maximum atomic E-state index is 11.9. The van der Waals surface area contributed by atoms with Crippen molar-refractivity contribution in [1.29, 1.82) is 0 Å². The molecule has 0 saturated heterocycles. The number of carbonyl (C=O) groups excluding carboxylic acids is 1. The third-order valence-corrected chi connectivity index (χ3v) is 3.30. The van der Waals surface area contributed by atoms with E-state index in [1.54, 1.807) is 0 Å². The molecule has 1 unspecified atom stereocenters. The number of nitrogens with zero attached hydrogens (tertiary/aromatic N) is 1. The molecule has 1 atom stereocenters. The summed E-state index contributed by atoms with van der Waals surface area (Å²) < 4.78 is 0. The Balaban J connectivity index is 0.00000242. The highest BCUT2D eigenvalue weighted by Crippen LogP contribution is 2.22. The number of hydrogen-bond donors (Lipinski definition) is 3. The van der Waals surface area contributed by atoms with Gasteiger partial charge in [-0.15, -0.1) is 12.4 Å². The molecule has 1 aromatic carbocycles. The molecule has 1 aromatic heterocycles. The van der Waals surface area contributed by atoms with Gasteiger partial charge in [0.25, 0.3) is 0 Å². The SMILES string of the molecule is CCCC(N)C(=O)Nc1cc(-c2cc(C)cc(C)c2)[nH]n1.Cl. The van der Waals surface area contributed by atoms with Crippen molar-refractivity contribution in [3.05, 3.63) is 35.4 Å². The van der Waals surface area contributed by atoms with Crippen molar-refractivity contribution < 1.29 is 4.79 Å². The maximum absolute atomic E-state index is 11.9. The summed E-state index contributed by atoms with van der Waals surface area (Å²) in [6, 6.07) is 7.61. The van der Waals surface area contributed by atoms with Crippen molar-refractivity contribution in [3.8, 4) is 11.3 Å². The molecule has 0 fully saturated rings. The zero-order valence-electron chi connectivity index (χ0n) is 13.1. The number of benzene rings is 1. The van der Waals surface area contributed by atoms with E-state index in [1.165, 1.54) is 11.1 Å². The van der Waals surface area contributed by atoms with E-state index >= 15 is 0 Å². The van der Waals surface area contributed by atoms with Gasteiger partial charge in [-0.2, -0.15) is 5.10 Å². The number of aromatic amines is 1. The maximum Gasteiger partial charge on any atom is 0.242 e. The second kappa shape index (κ2) is 7.96. The molecule has 120 valence electrons. The fourth-order valence-electron chi connectivity index (χ4n) is 2.32. The average molecular weight is 323 g/mol. The summed E-state index contributed by atoms with van der Waals surface area (Å²) in [5.41, 5.74) is 10.1. The number of aryl methyl sites for hydroxylation is 2. The summed E-state index contributed by atoms with van der Waals surface area (Å²) in [7, 11) is 0. The van der Waals surface area contributed by atoms with Gasteiger partial charge in [-0.1, -0.05) is 30.5 Å². The van der Waals surface area contributed by atoms with Gasteiger partial charge in [-0.25, -0.2) is 0 Å². The molecular weight excluding hydrogens is 300 g/mol. The van der Waals surface area contributed by atoms with E-state index in [9.17, 15) is 4.79 Å². The first-order chi connectivity index (χ1) is 9.99. The molecule has 0 bridgehead atoms. The second-order valence-corrected chi connectivity index (χ2v) is 5.43.